The minimum atomic E-state index is -0.577. The maximum atomic E-state index is 12.2. The molecular formula is C47H47N13O7. The van der Waals surface area contributed by atoms with Gasteiger partial charge in [0, 0.05) is 86.6 Å². The van der Waals surface area contributed by atoms with Gasteiger partial charge in [0.05, 0.1) is 76.1 Å². The van der Waals surface area contributed by atoms with Crippen LogP contribution in [0, 0.1) is 0 Å². The lowest BCUT2D eigenvalue weighted by atomic mass is 10.1. The summed E-state index contributed by atoms with van der Waals surface area (Å²) in [6, 6.07) is 22.4. The summed E-state index contributed by atoms with van der Waals surface area (Å²) in [4.78, 5) is 55.5. The van der Waals surface area contributed by atoms with E-state index in [0.717, 1.165) is 60.2 Å². The predicted molar refractivity (Wildman–Crippen MR) is 251 cm³/mol. The third kappa shape index (κ3) is 9.42. The number of hydrogen-bond acceptors (Lipinski definition) is 17. The first kappa shape index (κ1) is 43.9. The smallest absolute Gasteiger partial charge is 0.341 e. The summed E-state index contributed by atoms with van der Waals surface area (Å²) < 4.78 is 30.8. The van der Waals surface area contributed by atoms with Crippen LogP contribution in [0.5, 0.6) is 11.5 Å². The van der Waals surface area contributed by atoms with Gasteiger partial charge >= 0.3 is 5.97 Å². The van der Waals surface area contributed by atoms with Crippen molar-refractivity contribution < 1.29 is 33.3 Å². The van der Waals surface area contributed by atoms with Gasteiger partial charge < -0.3 is 49.9 Å². The zero-order valence-corrected chi connectivity index (χ0v) is 37.0. The molecule has 4 N–H and O–H groups in total. The third-order valence-corrected chi connectivity index (χ3v) is 11.2. The Morgan fingerprint density at radius 3 is 1.51 bits per heavy atom. The van der Waals surface area contributed by atoms with Crippen molar-refractivity contribution in [1.82, 2.24) is 38.7 Å². The molecule has 8 aromatic rings. The van der Waals surface area contributed by atoms with Gasteiger partial charge in [-0.15, -0.1) is 0 Å². The Bertz CT molecular complexity index is 3060. The Balaban J connectivity index is 0.000000168. The lowest BCUT2D eigenvalue weighted by Crippen LogP contribution is -2.36. The van der Waals surface area contributed by atoms with Crippen molar-refractivity contribution in [3.8, 4) is 34.0 Å². The molecule has 10 rings (SSSR count). The number of rotatable bonds is 12. The summed E-state index contributed by atoms with van der Waals surface area (Å²) in [6.07, 6.45) is 10.1. The average Bonchev–Trinajstić information content (AvgIpc) is 4.08. The highest BCUT2D eigenvalue weighted by Crippen LogP contribution is 2.36. The van der Waals surface area contributed by atoms with Crippen LogP contribution in [0.25, 0.3) is 33.8 Å². The number of ether oxygens (including phenoxy) is 5. The molecule has 6 aromatic heterocycles. The van der Waals surface area contributed by atoms with Crippen LogP contribution in [0.4, 0.5) is 34.9 Å². The fourth-order valence-corrected chi connectivity index (χ4v) is 7.82. The van der Waals surface area contributed by atoms with E-state index < -0.39 is 11.9 Å². The molecule has 20 nitrogen and oxygen atoms in total. The number of nitrogens with zero attached hydrogens (tertiary/aromatic N) is 10. The number of methoxy groups -OCH3 is 3. The second-order valence-corrected chi connectivity index (χ2v) is 15.1. The number of imidazole rings is 2. The van der Waals surface area contributed by atoms with Gasteiger partial charge in [0.2, 0.25) is 11.9 Å². The van der Waals surface area contributed by atoms with E-state index in [1.54, 1.807) is 84.5 Å². The molecule has 0 radical (unpaired) electrons. The number of amides is 1. The van der Waals surface area contributed by atoms with Crippen molar-refractivity contribution in [3.05, 3.63) is 121 Å². The SMILES string of the molecule is COC(=O)c1cccnc1Nc1nc(-c2ccc(N3CCOCC3)c(OC)c2)cc2nccn12.COc1cc(-c2cc3nccn3c(Nc3ncccc3C(N)=O)n2)ccc1N1CCOCC1. The molecule has 8 heterocycles. The normalized spacial score (nSPS) is 13.7. The number of aromatic nitrogens is 8. The molecule has 20 heteroatoms. The average molecular weight is 906 g/mol. The number of morpholine rings is 2. The molecule has 2 fully saturated rings. The summed E-state index contributed by atoms with van der Waals surface area (Å²) in [6.45, 7) is 6.03. The number of fused-ring (bicyclic) bond motifs is 2. The van der Waals surface area contributed by atoms with Gasteiger partial charge in [-0.25, -0.2) is 34.7 Å². The molecule has 0 atom stereocenters. The lowest BCUT2D eigenvalue weighted by Gasteiger charge is -2.30. The second kappa shape index (κ2) is 19.8. The Morgan fingerprint density at radius 2 is 1.06 bits per heavy atom. The monoisotopic (exact) mass is 905 g/mol. The molecule has 0 saturated carbocycles. The van der Waals surface area contributed by atoms with E-state index in [-0.39, 0.29) is 5.56 Å². The molecule has 2 aliphatic heterocycles. The number of anilines is 6. The summed E-state index contributed by atoms with van der Waals surface area (Å²) in [7, 11) is 4.66. The zero-order chi connectivity index (χ0) is 46.3. The van der Waals surface area contributed by atoms with E-state index in [9.17, 15) is 9.59 Å². The van der Waals surface area contributed by atoms with E-state index in [0.29, 0.717) is 78.2 Å². The van der Waals surface area contributed by atoms with Crippen LogP contribution in [0.2, 0.25) is 0 Å². The Morgan fingerprint density at radius 1 is 0.597 bits per heavy atom. The number of pyridine rings is 2. The maximum absolute atomic E-state index is 12.2. The van der Waals surface area contributed by atoms with E-state index in [4.69, 9.17) is 39.4 Å². The van der Waals surface area contributed by atoms with Gasteiger partial charge in [-0.1, -0.05) is 12.1 Å². The fraction of sp³-hybridized carbons (Fsp3) is 0.234. The highest BCUT2D eigenvalue weighted by atomic mass is 16.5. The zero-order valence-electron chi connectivity index (χ0n) is 37.0. The molecule has 0 unspecified atom stereocenters. The van der Waals surface area contributed by atoms with Crippen molar-refractivity contribution >= 4 is 58.1 Å². The Hall–Kier alpha value is -8.36. The molecule has 2 saturated heterocycles. The standard InChI is InChI=1S/C24H24N6O4.C23H23N7O3/c1-32-20-14-16(5-6-19(20)29-10-12-34-13-11-29)18-15-21-25-8-9-30(21)24(27-18)28-22-17(23(31)33-2)4-3-7-26-22;1-32-19-13-15(4-5-18(19)29-9-11-33-12-10-29)17-14-20-25-7-8-30(20)23(27-17)28-22-16(21(24)31)3-2-6-26-22/h3-9,14-15H,10-13H2,1-2H3,(H,26,27,28);2-8,13-14H,9-12H2,1H3,(H2,24,31)(H,26,27,28). The molecule has 0 spiro atoms. The largest absolute Gasteiger partial charge is 0.495 e. The number of carbonyl (C=O) groups excluding carboxylic acids is 2. The number of primary amides is 1. The molecule has 67 heavy (non-hydrogen) atoms. The van der Waals surface area contributed by atoms with E-state index >= 15 is 0 Å². The Kier molecular flexibility index (Phi) is 13.0. The van der Waals surface area contributed by atoms with Crippen LogP contribution >= 0.6 is 0 Å². The first-order valence-electron chi connectivity index (χ1n) is 21.3. The minimum absolute atomic E-state index is 0.273. The number of carbonyl (C=O) groups is 2. The van der Waals surface area contributed by atoms with E-state index in [1.807, 2.05) is 48.5 Å². The van der Waals surface area contributed by atoms with Gasteiger partial charge in [-0.2, -0.15) is 0 Å². The minimum Gasteiger partial charge on any atom is -0.495 e. The summed E-state index contributed by atoms with van der Waals surface area (Å²) >= 11 is 0. The van der Waals surface area contributed by atoms with Crippen molar-refractivity contribution in [2.75, 3.05) is 94.4 Å². The van der Waals surface area contributed by atoms with Gasteiger partial charge in [-0.05, 0) is 48.5 Å². The molecule has 0 aliphatic carbocycles. The molecule has 342 valence electrons. The van der Waals surface area contributed by atoms with Crippen LogP contribution in [-0.4, -0.2) is 125 Å². The number of esters is 1. The van der Waals surface area contributed by atoms with Crippen LogP contribution in [-0.2, 0) is 14.2 Å². The van der Waals surface area contributed by atoms with E-state index in [1.165, 1.54) is 7.11 Å². The molecule has 2 aliphatic rings. The first-order chi connectivity index (χ1) is 32.8. The number of nitrogens with two attached hydrogens (primary N) is 1. The highest BCUT2D eigenvalue weighted by Gasteiger charge is 2.21. The van der Waals surface area contributed by atoms with Crippen LogP contribution in [0.15, 0.2) is 110 Å². The van der Waals surface area contributed by atoms with Crippen LogP contribution in [0.3, 0.4) is 0 Å². The van der Waals surface area contributed by atoms with Crippen LogP contribution < -0.4 is 35.6 Å². The lowest BCUT2D eigenvalue weighted by molar-refractivity contribution is 0.0601. The predicted octanol–water partition coefficient (Wildman–Crippen LogP) is 5.65. The van der Waals surface area contributed by atoms with Crippen LogP contribution in [0.1, 0.15) is 20.7 Å². The third-order valence-electron chi connectivity index (χ3n) is 11.2. The van der Waals surface area contributed by atoms with E-state index in [2.05, 4.69) is 40.4 Å². The Labute approximate surface area is 384 Å². The van der Waals surface area contributed by atoms with Crippen molar-refractivity contribution in [2.24, 2.45) is 5.73 Å². The fourth-order valence-electron chi connectivity index (χ4n) is 7.82. The number of hydrogen-bond donors (Lipinski definition) is 3. The molecule has 0 bridgehead atoms. The summed E-state index contributed by atoms with van der Waals surface area (Å²) in [5.74, 6) is 2.04. The topological polar surface area (TPSA) is 223 Å². The van der Waals surface area contributed by atoms with Crippen molar-refractivity contribution in [2.45, 2.75) is 0 Å². The maximum Gasteiger partial charge on any atom is 0.341 e. The summed E-state index contributed by atoms with van der Waals surface area (Å²) in [5, 5.41) is 6.30. The number of nitrogens with one attached hydrogen (secondary N) is 2. The van der Waals surface area contributed by atoms with Crippen molar-refractivity contribution in [3.63, 3.8) is 0 Å². The second-order valence-electron chi connectivity index (χ2n) is 15.1. The molecular weight excluding hydrogens is 859 g/mol. The molecule has 1 amide bonds. The first-order valence-corrected chi connectivity index (χ1v) is 21.3. The van der Waals surface area contributed by atoms with Gasteiger partial charge in [0.25, 0.3) is 5.91 Å². The quantitative estimate of drug-likeness (QED) is 0.126. The van der Waals surface area contributed by atoms with Gasteiger partial charge in [-0.3, -0.25) is 13.6 Å². The highest BCUT2D eigenvalue weighted by molar-refractivity contribution is 5.98. The molecule has 2 aromatic carbocycles. The van der Waals surface area contributed by atoms with Crippen molar-refractivity contribution in [1.29, 1.82) is 0 Å². The number of benzene rings is 2. The van der Waals surface area contributed by atoms with Gasteiger partial charge in [0.1, 0.15) is 40.0 Å². The van der Waals surface area contributed by atoms with Gasteiger partial charge in [0.15, 0.2) is 0 Å². The summed E-state index contributed by atoms with van der Waals surface area (Å²) in [5.41, 5.74) is 12.6.